The Labute approximate surface area is 187 Å². The van der Waals surface area contributed by atoms with Crippen molar-refractivity contribution in [2.75, 3.05) is 19.5 Å². The van der Waals surface area contributed by atoms with Gasteiger partial charge >= 0.3 is 0 Å². The van der Waals surface area contributed by atoms with Crippen LogP contribution in [0.4, 0.5) is 5.69 Å². The summed E-state index contributed by atoms with van der Waals surface area (Å²) < 4.78 is 12.1. The second-order valence-corrected chi connectivity index (χ2v) is 7.80. The van der Waals surface area contributed by atoms with Crippen LogP contribution in [-0.4, -0.2) is 45.1 Å². The summed E-state index contributed by atoms with van der Waals surface area (Å²) in [6, 6.07) is 12.5. The number of thiocarbonyl (C=S) groups is 1. The molecule has 2 heterocycles. The van der Waals surface area contributed by atoms with Crippen LogP contribution in [0.25, 0.3) is 15.5 Å². The first-order chi connectivity index (χ1) is 15.0. The number of hydrogen-bond donors (Lipinski definition) is 2. The molecule has 4 aromatic rings. The van der Waals surface area contributed by atoms with Crippen molar-refractivity contribution in [1.82, 2.24) is 25.1 Å². The molecule has 0 aliphatic carbocycles. The van der Waals surface area contributed by atoms with Crippen molar-refractivity contribution in [3.63, 3.8) is 0 Å². The zero-order valence-corrected chi connectivity index (χ0v) is 18.5. The van der Waals surface area contributed by atoms with E-state index in [0.29, 0.717) is 22.7 Å². The van der Waals surface area contributed by atoms with Gasteiger partial charge in [0.1, 0.15) is 16.5 Å². The Kier molecular flexibility index (Phi) is 5.78. The highest BCUT2D eigenvalue weighted by molar-refractivity contribution is 7.80. The molecule has 0 aliphatic rings. The number of amides is 1. The Balaban J connectivity index is 1.47. The average Bonchev–Trinajstić information content (AvgIpc) is 3.35. The van der Waals surface area contributed by atoms with Crippen molar-refractivity contribution < 1.29 is 14.3 Å². The number of nitrogens with one attached hydrogen (secondary N) is 2. The summed E-state index contributed by atoms with van der Waals surface area (Å²) in [6.45, 7) is 1.85. The van der Waals surface area contributed by atoms with Crippen molar-refractivity contribution in [3.05, 3.63) is 53.9 Å². The van der Waals surface area contributed by atoms with Gasteiger partial charge in [0.05, 0.1) is 14.2 Å². The van der Waals surface area contributed by atoms with Gasteiger partial charge in [0.2, 0.25) is 4.96 Å². The minimum atomic E-state index is -0.380. The van der Waals surface area contributed by atoms with Gasteiger partial charge in [-0.05, 0) is 43.4 Å². The molecule has 0 fully saturated rings. The number of carbonyl (C=O) groups is 1. The Bertz CT molecular complexity index is 1260. The Morgan fingerprint density at radius 1 is 1.10 bits per heavy atom. The highest BCUT2D eigenvalue weighted by atomic mass is 32.1. The van der Waals surface area contributed by atoms with Gasteiger partial charge in [-0.25, -0.2) is 0 Å². The molecule has 158 valence electrons. The molecule has 0 saturated carbocycles. The molecule has 0 unspecified atom stereocenters. The minimum Gasteiger partial charge on any atom is -0.497 e. The number of benzene rings is 2. The van der Waals surface area contributed by atoms with E-state index >= 15 is 0 Å². The lowest BCUT2D eigenvalue weighted by Crippen LogP contribution is -2.34. The lowest BCUT2D eigenvalue weighted by Gasteiger charge is -2.12. The van der Waals surface area contributed by atoms with Gasteiger partial charge < -0.3 is 14.8 Å². The summed E-state index contributed by atoms with van der Waals surface area (Å²) >= 11 is 6.75. The number of hydrogen-bond acceptors (Lipinski definition) is 8. The number of anilines is 1. The first-order valence-electron chi connectivity index (χ1n) is 9.11. The maximum absolute atomic E-state index is 12.6. The van der Waals surface area contributed by atoms with Gasteiger partial charge in [-0.2, -0.15) is 9.61 Å². The third-order valence-electron chi connectivity index (χ3n) is 4.35. The van der Waals surface area contributed by atoms with Crippen LogP contribution in [0.15, 0.2) is 42.5 Å². The summed E-state index contributed by atoms with van der Waals surface area (Å²) in [4.78, 5) is 13.3. The average molecular weight is 455 g/mol. The molecule has 11 heteroatoms. The number of rotatable bonds is 5. The predicted molar refractivity (Wildman–Crippen MR) is 122 cm³/mol. The van der Waals surface area contributed by atoms with Gasteiger partial charge in [0.15, 0.2) is 10.9 Å². The molecule has 0 bridgehead atoms. The molecule has 1 amide bonds. The summed E-state index contributed by atoms with van der Waals surface area (Å²) in [5, 5.41) is 19.3. The highest BCUT2D eigenvalue weighted by Crippen LogP contribution is 2.27. The molecule has 0 saturated heterocycles. The molecule has 0 spiro atoms. The molecule has 31 heavy (non-hydrogen) atoms. The second-order valence-electron chi connectivity index (χ2n) is 6.44. The zero-order chi connectivity index (χ0) is 22.0. The van der Waals surface area contributed by atoms with Crippen LogP contribution in [0.3, 0.4) is 0 Å². The third kappa shape index (κ3) is 4.47. The standard InChI is InChI=1S/C20H18N6O3S2/c1-11-23-24-20-26(11)25-18(31-20)12-5-4-6-14(7-12)21-19(30)22-17(27)13-8-15(28-2)10-16(9-13)29-3/h4-10H,1-3H3,(H2,21,22,27,30). The van der Waals surface area contributed by atoms with E-state index in [1.165, 1.54) is 25.6 Å². The molecular weight excluding hydrogens is 436 g/mol. The van der Waals surface area contributed by atoms with Crippen molar-refractivity contribution in [3.8, 4) is 22.1 Å². The lowest BCUT2D eigenvalue weighted by atomic mass is 10.2. The molecule has 4 rings (SSSR count). The van der Waals surface area contributed by atoms with Crippen molar-refractivity contribution in [2.45, 2.75) is 6.92 Å². The number of nitrogens with zero attached hydrogens (tertiary/aromatic N) is 4. The molecule has 0 radical (unpaired) electrons. The smallest absolute Gasteiger partial charge is 0.257 e. The predicted octanol–water partition coefficient (Wildman–Crippen LogP) is 3.31. The lowest BCUT2D eigenvalue weighted by molar-refractivity contribution is 0.0977. The number of ether oxygens (including phenoxy) is 2. The quantitative estimate of drug-likeness (QED) is 0.443. The fourth-order valence-electron chi connectivity index (χ4n) is 2.84. The molecule has 2 aromatic heterocycles. The summed E-state index contributed by atoms with van der Waals surface area (Å²) in [5.41, 5.74) is 1.98. The first-order valence-corrected chi connectivity index (χ1v) is 10.3. The van der Waals surface area contributed by atoms with Crippen LogP contribution in [0, 0.1) is 6.92 Å². The number of carbonyl (C=O) groups excluding carboxylic acids is 1. The number of fused-ring (bicyclic) bond motifs is 1. The zero-order valence-electron chi connectivity index (χ0n) is 16.9. The molecule has 9 nitrogen and oxygen atoms in total. The molecule has 0 atom stereocenters. The molecule has 2 aromatic carbocycles. The largest absolute Gasteiger partial charge is 0.497 e. The summed E-state index contributed by atoms with van der Waals surface area (Å²) in [5.74, 6) is 1.37. The summed E-state index contributed by atoms with van der Waals surface area (Å²) in [7, 11) is 3.04. The third-order valence-corrected chi connectivity index (χ3v) is 5.51. The van der Waals surface area contributed by atoms with Crippen LogP contribution in [0.1, 0.15) is 16.2 Å². The van der Waals surface area contributed by atoms with E-state index in [0.717, 1.165) is 21.4 Å². The van der Waals surface area contributed by atoms with Crippen LogP contribution < -0.4 is 20.1 Å². The van der Waals surface area contributed by atoms with Crippen LogP contribution in [0.2, 0.25) is 0 Å². The Hall–Kier alpha value is -3.57. The van der Waals surface area contributed by atoms with Gasteiger partial charge in [-0.15, -0.1) is 10.2 Å². The van der Waals surface area contributed by atoms with Crippen LogP contribution >= 0.6 is 23.6 Å². The highest BCUT2D eigenvalue weighted by Gasteiger charge is 2.13. The van der Waals surface area contributed by atoms with Gasteiger partial charge in [0.25, 0.3) is 5.91 Å². The molecule has 2 N–H and O–H groups in total. The monoisotopic (exact) mass is 454 g/mol. The first kappa shape index (κ1) is 20.7. The van der Waals surface area contributed by atoms with Crippen LogP contribution in [0.5, 0.6) is 11.5 Å². The van der Waals surface area contributed by atoms with E-state index in [2.05, 4.69) is 25.9 Å². The Morgan fingerprint density at radius 2 is 1.84 bits per heavy atom. The van der Waals surface area contributed by atoms with E-state index in [1.807, 2.05) is 31.2 Å². The maximum Gasteiger partial charge on any atom is 0.257 e. The SMILES string of the molecule is COc1cc(OC)cc(C(=O)NC(=S)Nc2cccc(-c3nn4c(C)nnc4s3)c2)c1. The number of aromatic nitrogens is 4. The minimum absolute atomic E-state index is 0.165. The summed E-state index contributed by atoms with van der Waals surface area (Å²) in [6.07, 6.45) is 0. The van der Waals surface area contributed by atoms with Gasteiger partial charge in [0, 0.05) is 22.9 Å². The van der Waals surface area contributed by atoms with Gasteiger partial charge in [-0.3, -0.25) is 10.1 Å². The van der Waals surface area contributed by atoms with Crippen LogP contribution in [-0.2, 0) is 0 Å². The van der Waals surface area contributed by atoms with Crippen molar-refractivity contribution in [2.24, 2.45) is 0 Å². The van der Waals surface area contributed by atoms with Crippen molar-refractivity contribution >= 4 is 45.2 Å². The van der Waals surface area contributed by atoms with Gasteiger partial charge in [-0.1, -0.05) is 23.5 Å². The number of aryl methyl sites for hydroxylation is 1. The van der Waals surface area contributed by atoms with E-state index in [1.54, 1.807) is 22.7 Å². The van der Waals surface area contributed by atoms with Crippen molar-refractivity contribution in [1.29, 1.82) is 0 Å². The molecule has 0 aliphatic heterocycles. The topological polar surface area (TPSA) is 103 Å². The fraction of sp³-hybridized carbons (Fsp3) is 0.150. The fourth-order valence-corrected chi connectivity index (χ4v) is 3.93. The maximum atomic E-state index is 12.6. The van der Waals surface area contributed by atoms with E-state index in [4.69, 9.17) is 21.7 Å². The number of methoxy groups -OCH3 is 2. The van der Waals surface area contributed by atoms with E-state index < -0.39 is 0 Å². The Morgan fingerprint density at radius 3 is 2.52 bits per heavy atom. The van der Waals surface area contributed by atoms with E-state index in [-0.39, 0.29) is 11.0 Å². The second kappa shape index (κ2) is 8.66. The normalized spacial score (nSPS) is 10.7. The van der Waals surface area contributed by atoms with E-state index in [9.17, 15) is 4.79 Å². The molecular formula is C20H18N6O3S2.